The molecule has 11 nitrogen and oxygen atoms in total. The summed E-state index contributed by atoms with van der Waals surface area (Å²) in [5, 5.41) is 57.0. The minimum Gasteiger partial charge on any atom is -0.454 e. The minimum absolute atomic E-state index is 0.113. The first-order valence-corrected chi connectivity index (χ1v) is 32.1. The van der Waals surface area contributed by atoms with Crippen LogP contribution in [0, 0.1) is 0 Å². The van der Waals surface area contributed by atoms with Crippen molar-refractivity contribution in [3.8, 4) is 0 Å². The summed E-state index contributed by atoms with van der Waals surface area (Å²) in [6, 6.07) is -1.05. The van der Waals surface area contributed by atoms with Gasteiger partial charge in [0, 0.05) is 6.42 Å². The third-order valence-corrected chi connectivity index (χ3v) is 14.6. The average Bonchev–Trinajstić information content (AvgIpc) is 3.49. The molecule has 0 spiro atoms. The van der Waals surface area contributed by atoms with Gasteiger partial charge >= 0.3 is 5.97 Å². The highest BCUT2D eigenvalue weighted by molar-refractivity contribution is 5.80. The van der Waals surface area contributed by atoms with E-state index in [-0.39, 0.29) is 19.4 Å². The van der Waals surface area contributed by atoms with Gasteiger partial charge in [-0.1, -0.05) is 279 Å². The summed E-state index contributed by atoms with van der Waals surface area (Å²) in [6.45, 7) is 5.62. The molecule has 1 rings (SSSR count). The summed E-state index contributed by atoms with van der Waals surface area (Å²) >= 11 is 0. The van der Waals surface area contributed by atoms with Crippen molar-refractivity contribution in [2.24, 2.45) is 0 Å². The van der Waals surface area contributed by atoms with E-state index >= 15 is 0 Å². The van der Waals surface area contributed by atoms with Crippen LogP contribution >= 0.6 is 0 Å². The third-order valence-electron chi connectivity index (χ3n) is 14.6. The van der Waals surface area contributed by atoms with Gasteiger partial charge in [0.1, 0.15) is 24.4 Å². The zero-order valence-electron chi connectivity index (χ0n) is 50.2. The Morgan fingerprint density at radius 1 is 0.506 bits per heavy atom. The highest BCUT2D eigenvalue weighted by atomic mass is 16.7. The molecule has 1 heterocycles. The van der Waals surface area contributed by atoms with Crippen molar-refractivity contribution in [2.75, 3.05) is 13.2 Å². The van der Waals surface area contributed by atoms with Crippen LogP contribution in [0.3, 0.4) is 0 Å². The zero-order chi connectivity index (χ0) is 57.5. The van der Waals surface area contributed by atoms with Crippen LogP contribution in [-0.2, 0) is 23.8 Å². The lowest BCUT2D eigenvalue weighted by atomic mass is 9.99. The molecular formula is C68H117NO10. The van der Waals surface area contributed by atoms with Crippen molar-refractivity contribution in [3.63, 3.8) is 0 Å². The third kappa shape index (κ3) is 43.0. The summed E-state index contributed by atoms with van der Waals surface area (Å²) in [5.41, 5.74) is 0. The molecule has 8 atom stereocenters. The standard InChI is InChI=1S/C68H117NO10/c1-4-7-10-13-16-19-22-25-27-29-30-31-32-33-35-38-41-44-47-50-53-56-63(73)79-66-65(75)64(74)62(57-70)78-68(66)77-58-59(60(71)54-51-48-45-42-39-36-24-21-18-15-12-9-6-3)69-67(76)61(72)55-52-49-46-43-40-37-34-28-26-23-20-17-14-11-8-5-2/h8,11,14,17,20,23,25-28,34,37,40,43,51,54,59-62,64-66,68,70-72,74-75H,4-7,9-10,12-13,15-16,18-19,21-22,24,29-33,35-36,38-39,41-42,44-50,52-53,55-58H2,1-3H3,(H,69,76)/b11-8-,17-14+,23-20+,27-25+,28-26-,37-34+,43-40+,54-51+. The van der Waals surface area contributed by atoms with E-state index < -0.39 is 67.4 Å². The van der Waals surface area contributed by atoms with E-state index in [0.29, 0.717) is 12.8 Å². The van der Waals surface area contributed by atoms with E-state index in [4.69, 9.17) is 14.2 Å². The van der Waals surface area contributed by atoms with Crippen molar-refractivity contribution in [2.45, 2.75) is 307 Å². The van der Waals surface area contributed by atoms with Gasteiger partial charge in [-0.2, -0.15) is 0 Å². The number of aliphatic hydroxyl groups excluding tert-OH is 5. The minimum atomic E-state index is -1.63. The molecule has 0 bridgehead atoms. The van der Waals surface area contributed by atoms with E-state index in [1.54, 1.807) is 6.08 Å². The number of ether oxygens (including phenoxy) is 3. The second-order valence-corrected chi connectivity index (χ2v) is 21.9. The quantitative estimate of drug-likeness (QED) is 0.0149. The van der Waals surface area contributed by atoms with Crippen LogP contribution in [0.4, 0.5) is 0 Å². The molecule has 1 aliphatic rings. The van der Waals surface area contributed by atoms with Gasteiger partial charge in [0.25, 0.3) is 0 Å². The molecule has 8 unspecified atom stereocenters. The number of unbranched alkanes of at least 4 members (excludes halogenated alkanes) is 30. The van der Waals surface area contributed by atoms with Crippen LogP contribution in [0.5, 0.6) is 0 Å². The first-order valence-electron chi connectivity index (χ1n) is 32.1. The first-order chi connectivity index (χ1) is 38.7. The Morgan fingerprint density at radius 2 is 0.924 bits per heavy atom. The summed E-state index contributed by atoms with van der Waals surface area (Å²) < 4.78 is 17.6. The Hall–Kier alpha value is -3.42. The van der Waals surface area contributed by atoms with Crippen LogP contribution in [0.15, 0.2) is 97.2 Å². The van der Waals surface area contributed by atoms with Gasteiger partial charge in [-0.3, -0.25) is 9.59 Å². The fourth-order valence-electron chi connectivity index (χ4n) is 9.56. The van der Waals surface area contributed by atoms with Crippen molar-refractivity contribution >= 4 is 11.9 Å². The number of rotatable bonds is 53. The van der Waals surface area contributed by atoms with Crippen LogP contribution in [0.2, 0.25) is 0 Å². The van der Waals surface area contributed by atoms with E-state index in [1.165, 1.54) is 148 Å². The first kappa shape index (κ1) is 73.6. The highest BCUT2D eigenvalue weighted by Crippen LogP contribution is 2.26. The van der Waals surface area contributed by atoms with Crippen LogP contribution in [0.25, 0.3) is 0 Å². The summed E-state index contributed by atoms with van der Waals surface area (Å²) in [5.74, 6) is -1.24. The normalized spacial score (nSPS) is 19.5. The van der Waals surface area contributed by atoms with Gasteiger partial charge in [0.15, 0.2) is 12.4 Å². The van der Waals surface area contributed by atoms with Crippen LogP contribution in [-0.4, -0.2) is 99.6 Å². The Bertz CT molecular complexity index is 1650. The molecule has 454 valence electrons. The molecule has 0 aromatic carbocycles. The topological polar surface area (TPSA) is 175 Å². The lowest BCUT2D eigenvalue weighted by Gasteiger charge is -2.41. The molecule has 1 aliphatic heterocycles. The number of aliphatic hydroxyl groups is 5. The molecule has 1 fully saturated rings. The van der Waals surface area contributed by atoms with E-state index in [0.717, 1.165) is 64.2 Å². The maximum absolute atomic E-state index is 13.4. The van der Waals surface area contributed by atoms with Gasteiger partial charge in [-0.15, -0.1) is 0 Å². The maximum Gasteiger partial charge on any atom is 0.306 e. The number of hydrogen-bond donors (Lipinski definition) is 6. The average molecular weight is 1110 g/mol. The predicted molar refractivity (Wildman–Crippen MR) is 329 cm³/mol. The molecule has 0 aromatic heterocycles. The second kappa shape index (κ2) is 55.1. The van der Waals surface area contributed by atoms with Crippen LogP contribution in [0.1, 0.15) is 258 Å². The Morgan fingerprint density at radius 3 is 1.41 bits per heavy atom. The monoisotopic (exact) mass is 1110 g/mol. The van der Waals surface area contributed by atoms with Gasteiger partial charge in [0.2, 0.25) is 5.91 Å². The predicted octanol–water partition coefficient (Wildman–Crippen LogP) is 15.5. The Labute approximate surface area is 482 Å². The molecule has 0 aromatic rings. The molecule has 0 saturated carbocycles. The van der Waals surface area contributed by atoms with Gasteiger partial charge < -0.3 is 45.1 Å². The number of esters is 1. The molecule has 79 heavy (non-hydrogen) atoms. The van der Waals surface area contributed by atoms with E-state index in [2.05, 4.69) is 44.3 Å². The smallest absolute Gasteiger partial charge is 0.306 e. The molecule has 0 aliphatic carbocycles. The summed E-state index contributed by atoms with van der Waals surface area (Å²) in [7, 11) is 0. The van der Waals surface area contributed by atoms with E-state index in [1.807, 2.05) is 72.9 Å². The molecule has 11 heteroatoms. The van der Waals surface area contributed by atoms with Gasteiger partial charge in [-0.25, -0.2) is 0 Å². The molecule has 1 saturated heterocycles. The fourth-order valence-corrected chi connectivity index (χ4v) is 9.56. The molecule has 0 radical (unpaired) electrons. The van der Waals surface area contributed by atoms with Crippen molar-refractivity contribution in [1.29, 1.82) is 0 Å². The summed E-state index contributed by atoms with van der Waals surface area (Å²) in [6.07, 6.45) is 63.0. The SMILES string of the molecule is CC\C=C/C=C/C=C/C=C\C=C\C=C\CCCCC(O)C(=O)NC(COC1OC(CO)C(O)C(O)C1OC(=O)CCCCCCCCCCCCC/C=C/CCCCCCCC)C(O)/C=C/CCCCCCCCCCCCC. The van der Waals surface area contributed by atoms with Gasteiger partial charge in [-0.05, 0) is 70.6 Å². The van der Waals surface area contributed by atoms with Crippen molar-refractivity contribution < 1.29 is 49.3 Å². The Kier molecular flexibility index (Phi) is 51.4. The summed E-state index contributed by atoms with van der Waals surface area (Å²) in [4.78, 5) is 26.6. The molecular weight excluding hydrogens is 991 g/mol. The maximum atomic E-state index is 13.4. The number of nitrogens with one attached hydrogen (secondary N) is 1. The van der Waals surface area contributed by atoms with Crippen molar-refractivity contribution in [1.82, 2.24) is 5.32 Å². The van der Waals surface area contributed by atoms with Gasteiger partial charge in [0.05, 0.1) is 25.4 Å². The van der Waals surface area contributed by atoms with Crippen LogP contribution < -0.4 is 5.32 Å². The highest BCUT2D eigenvalue weighted by Gasteiger charge is 2.47. The van der Waals surface area contributed by atoms with Crippen molar-refractivity contribution in [3.05, 3.63) is 97.2 Å². The number of amides is 1. The Balaban J connectivity index is 2.69. The fraction of sp³-hybridized carbons (Fsp3) is 0.735. The second-order valence-electron chi connectivity index (χ2n) is 21.9. The largest absolute Gasteiger partial charge is 0.454 e. The van der Waals surface area contributed by atoms with E-state index in [9.17, 15) is 35.1 Å². The molecule has 1 amide bonds. The molecule has 6 N–H and O–H groups in total. The number of carbonyl (C=O) groups is 2. The number of allylic oxidation sites excluding steroid dienone is 15. The number of hydrogen-bond acceptors (Lipinski definition) is 10. The lowest BCUT2D eigenvalue weighted by Crippen LogP contribution is -2.61. The zero-order valence-corrected chi connectivity index (χ0v) is 50.2. The number of carbonyl (C=O) groups excluding carboxylic acids is 2. The lowest BCUT2D eigenvalue weighted by molar-refractivity contribution is -0.305.